The molecule has 1 aliphatic rings. The quantitative estimate of drug-likeness (QED) is 0.713. The predicted octanol–water partition coefficient (Wildman–Crippen LogP) is 3.79. The summed E-state index contributed by atoms with van der Waals surface area (Å²) >= 11 is 1.25. The summed E-state index contributed by atoms with van der Waals surface area (Å²) < 4.78 is 32.1. The lowest BCUT2D eigenvalue weighted by Crippen LogP contribution is -2.23. The Labute approximate surface area is 163 Å². The normalized spacial score (nSPS) is 13.1. The van der Waals surface area contributed by atoms with Crippen molar-refractivity contribution in [2.45, 2.75) is 26.7 Å². The number of rotatable bonds is 6. The van der Waals surface area contributed by atoms with Crippen LogP contribution < -0.4 is 10.6 Å². The molecule has 9 heteroatoms. The Kier molecular flexibility index (Phi) is 5.73. The summed E-state index contributed by atoms with van der Waals surface area (Å²) in [6.45, 7) is 2.79. The maximum atomic E-state index is 13.6. The molecule has 0 unspecified atom stereocenters. The van der Waals surface area contributed by atoms with Gasteiger partial charge in [0.2, 0.25) is 5.91 Å². The molecule has 1 aromatic carbocycles. The van der Waals surface area contributed by atoms with Crippen molar-refractivity contribution in [1.29, 1.82) is 0 Å². The Bertz CT molecular complexity index is 933. The van der Waals surface area contributed by atoms with Gasteiger partial charge in [0.15, 0.2) is 6.61 Å². The van der Waals surface area contributed by atoms with Crippen LogP contribution in [0.3, 0.4) is 0 Å². The van der Waals surface area contributed by atoms with E-state index in [2.05, 4.69) is 5.32 Å². The molecule has 1 heterocycles. The standard InChI is InChI=1S/C19H18F2N2O4S/c1-9-10(2)28-18(23-17(25)11-6-7-11)15(9)19(26)27-8-14(24)22-16-12(20)4-3-5-13(16)21/h3-5,11H,6-8H2,1-2H3,(H,22,24)(H,23,25). The fourth-order valence-corrected chi connectivity index (χ4v) is 3.57. The summed E-state index contributed by atoms with van der Waals surface area (Å²) in [6.07, 6.45) is 1.64. The number of carbonyl (C=O) groups is 3. The molecule has 1 aliphatic carbocycles. The molecule has 1 saturated carbocycles. The van der Waals surface area contributed by atoms with Crippen molar-refractivity contribution in [1.82, 2.24) is 0 Å². The Hall–Kier alpha value is -2.81. The lowest BCUT2D eigenvalue weighted by molar-refractivity contribution is -0.119. The van der Waals surface area contributed by atoms with Crippen molar-refractivity contribution >= 4 is 39.8 Å². The molecule has 0 radical (unpaired) electrons. The van der Waals surface area contributed by atoms with Crippen LogP contribution in [-0.4, -0.2) is 24.4 Å². The summed E-state index contributed by atoms with van der Waals surface area (Å²) in [5.41, 5.74) is 0.214. The molecule has 0 atom stereocenters. The average molecular weight is 408 g/mol. The topological polar surface area (TPSA) is 84.5 Å². The summed E-state index contributed by atoms with van der Waals surface area (Å²) in [4.78, 5) is 37.2. The monoisotopic (exact) mass is 408 g/mol. The lowest BCUT2D eigenvalue weighted by Gasteiger charge is -2.09. The lowest BCUT2D eigenvalue weighted by atomic mass is 10.1. The third-order valence-corrected chi connectivity index (χ3v) is 5.46. The van der Waals surface area contributed by atoms with Crippen LogP contribution in [0.2, 0.25) is 0 Å². The molecule has 2 aromatic rings. The molecule has 0 aliphatic heterocycles. The number of thiophene rings is 1. The zero-order chi connectivity index (χ0) is 20.4. The Morgan fingerprint density at radius 1 is 1.14 bits per heavy atom. The minimum Gasteiger partial charge on any atom is -0.452 e. The van der Waals surface area contributed by atoms with E-state index in [1.807, 2.05) is 5.32 Å². The second-order valence-electron chi connectivity index (χ2n) is 6.47. The number of hydrogen-bond acceptors (Lipinski definition) is 5. The van der Waals surface area contributed by atoms with Crippen molar-refractivity contribution in [3.8, 4) is 0 Å². The fraction of sp³-hybridized carbons (Fsp3) is 0.316. The Morgan fingerprint density at radius 3 is 2.39 bits per heavy atom. The molecule has 28 heavy (non-hydrogen) atoms. The van der Waals surface area contributed by atoms with Gasteiger partial charge in [-0.2, -0.15) is 0 Å². The number of esters is 1. The zero-order valence-corrected chi connectivity index (χ0v) is 16.0. The van der Waals surface area contributed by atoms with Gasteiger partial charge < -0.3 is 15.4 Å². The summed E-state index contributed by atoms with van der Waals surface area (Å²) in [6, 6.07) is 3.16. The highest BCUT2D eigenvalue weighted by atomic mass is 32.1. The number of para-hydroxylation sites is 1. The van der Waals surface area contributed by atoms with E-state index >= 15 is 0 Å². The van der Waals surface area contributed by atoms with Crippen molar-refractivity contribution in [3.05, 3.63) is 45.8 Å². The molecule has 2 N–H and O–H groups in total. The van der Waals surface area contributed by atoms with E-state index in [1.54, 1.807) is 13.8 Å². The van der Waals surface area contributed by atoms with Crippen molar-refractivity contribution in [3.63, 3.8) is 0 Å². The number of halogens is 2. The van der Waals surface area contributed by atoms with E-state index in [9.17, 15) is 23.2 Å². The highest BCUT2D eigenvalue weighted by molar-refractivity contribution is 7.16. The van der Waals surface area contributed by atoms with Gasteiger partial charge in [0.25, 0.3) is 5.91 Å². The second-order valence-corrected chi connectivity index (χ2v) is 7.70. The molecular formula is C19H18F2N2O4S. The Morgan fingerprint density at radius 2 is 1.79 bits per heavy atom. The molecule has 1 fully saturated rings. The SMILES string of the molecule is Cc1sc(NC(=O)C2CC2)c(C(=O)OCC(=O)Nc2c(F)cccc2F)c1C. The van der Waals surface area contributed by atoms with Crippen molar-refractivity contribution in [2.75, 3.05) is 17.2 Å². The van der Waals surface area contributed by atoms with Gasteiger partial charge in [-0.15, -0.1) is 11.3 Å². The maximum Gasteiger partial charge on any atom is 0.341 e. The predicted molar refractivity (Wildman–Crippen MR) is 100 cm³/mol. The number of benzene rings is 1. The van der Waals surface area contributed by atoms with E-state index in [-0.39, 0.29) is 17.4 Å². The number of ether oxygens (including phenoxy) is 1. The van der Waals surface area contributed by atoms with Crippen LogP contribution in [-0.2, 0) is 14.3 Å². The second kappa shape index (κ2) is 8.05. The summed E-state index contributed by atoms with van der Waals surface area (Å²) in [7, 11) is 0. The number of carbonyl (C=O) groups excluding carboxylic acids is 3. The number of hydrogen-bond donors (Lipinski definition) is 2. The third kappa shape index (κ3) is 4.36. The van der Waals surface area contributed by atoms with Crippen LogP contribution in [0.25, 0.3) is 0 Å². The van der Waals surface area contributed by atoms with E-state index in [4.69, 9.17) is 4.74 Å². The highest BCUT2D eigenvalue weighted by Gasteiger charge is 2.31. The number of amides is 2. The molecule has 148 valence electrons. The van der Waals surface area contributed by atoms with Gasteiger partial charge in [0.05, 0.1) is 5.56 Å². The van der Waals surface area contributed by atoms with E-state index < -0.39 is 35.8 Å². The van der Waals surface area contributed by atoms with Crippen LogP contribution in [0, 0.1) is 31.4 Å². The number of anilines is 2. The van der Waals surface area contributed by atoms with Gasteiger partial charge >= 0.3 is 5.97 Å². The van der Waals surface area contributed by atoms with Crippen molar-refractivity contribution < 1.29 is 27.9 Å². The minimum absolute atomic E-state index is 0.0342. The maximum absolute atomic E-state index is 13.6. The molecule has 2 amide bonds. The third-order valence-electron chi connectivity index (χ3n) is 4.34. The average Bonchev–Trinajstić information content (AvgIpc) is 3.44. The van der Waals surface area contributed by atoms with Gasteiger partial charge in [0.1, 0.15) is 22.3 Å². The first kappa shape index (κ1) is 19.9. The first-order chi connectivity index (χ1) is 13.3. The number of nitrogens with one attached hydrogen (secondary N) is 2. The van der Waals surface area contributed by atoms with Gasteiger partial charge in [-0.25, -0.2) is 13.6 Å². The molecule has 1 aromatic heterocycles. The van der Waals surface area contributed by atoms with E-state index in [0.717, 1.165) is 29.9 Å². The van der Waals surface area contributed by atoms with Crippen LogP contribution in [0.15, 0.2) is 18.2 Å². The van der Waals surface area contributed by atoms with Crippen molar-refractivity contribution in [2.24, 2.45) is 5.92 Å². The Balaban J connectivity index is 1.66. The van der Waals surface area contributed by atoms with Crippen LogP contribution in [0.1, 0.15) is 33.6 Å². The largest absolute Gasteiger partial charge is 0.452 e. The first-order valence-electron chi connectivity index (χ1n) is 8.59. The molecule has 0 saturated heterocycles. The molecular weight excluding hydrogens is 390 g/mol. The van der Waals surface area contributed by atoms with Crippen LogP contribution >= 0.6 is 11.3 Å². The van der Waals surface area contributed by atoms with Gasteiger partial charge in [-0.1, -0.05) is 6.07 Å². The first-order valence-corrected chi connectivity index (χ1v) is 9.41. The molecule has 6 nitrogen and oxygen atoms in total. The summed E-state index contributed by atoms with van der Waals surface area (Å²) in [5.74, 6) is -3.73. The van der Waals surface area contributed by atoms with Gasteiger partial charge in [-0.05, 0) is 44.4 Å². The van der Waals surface area contributed by atoms with Gasteiger partial charge in [0, 0.05) is 10.8 Å². The molecule has 3 rings (SSSR count). The van der Waals surface area contributed by atoms with Crippen LogP contribution in [0.4, 0.5) is 19.5 Å². The molecule has 0 bridgehead atoms. The number of aryl methyl sites for hydroxylation is 1. The molecule has 0 spiro atoms. The summed E-state index contributed by atoms with van der Waals surface area (Å²) in [5, 5.41) is 5.15. The fourth-order valence-electron chi connectivity index (χ4n) is 2.52. The van der Waals surface area contributed by atoms with Crippen LogP contribution in [0.5, 0.6) is 0 Å². The zero-order valence-electron chi connectivity index (χ0n) is 15.2. The smallest absolute Gasteiger partial charge is 0.341 e. The highest BCUT2D eigenvalue weighted by Crippen LogP contribution is 2.36. The minimum atomic E-state index is -0.936. The van der Waals surface area contributed by atoms with E-state index in [1.165, 1.54) is 17.4 Å². The van der Waals surface area contributed by atoms with Gasteiger partial charge in [-0.3, -0.25) is 9.59 Å². The van der Waals surface area contributed by atoms with E-state index in [0.29, 0.717) is 10.6 Å².